The van der Waals surface area contributed by atoms with Gasteiger partial charge in [0.2, 0.25) is 0 Å². The van der Waals surface area contributed by atoms with E-state index in [1.807, 2.05) is 12.1 Å². The Labute approximate surface area is 126 Å². The van der Waals surface area contributed by atoms with Crippen LogP contribution >= 0.6 is 0 Å². The summed E-state index contributed by atoms with van der Waals surface area (Å²) in [4.78, 5) is 2.34. The molecule has 1 atom stereocenters. The number of rotatable bonds is 8. The topological polar surface area (TPSA) is 33.7 Å². The molecule has 0 saturated carbocycles. The van der Waals surface area contributed by atoms with E-state index in [2.05, 4.69) is 10.2 Å². The first-order chi connectivity index (χ1) is 10.3. The van der Waals surface area contributed by atoms with Gasteiger partial charge in [-0.25, -0.2) is 4.39 Å². The Bertz CT molecular complexity index is 442. The predicted octanol–water partition coefficient (Wildman–Crippen LogP) is 2.03. The lowest BCUT2D eigenvalue weighted by molar-refractivity contribution is 0.190. The number of nitrogens with one attached hydrogen (secondary N) is 1. The molecule has 1 fully saturated rings. The molecule has 5 heteroatoms. The molecule has 1 saturated heterocycles. The SMILES string of the molecule is COCCNCC1CCCN1Cc1cccc(OC)c1F. The van der Waals surface area contributed by atoms with Crippen molar-refractivity contribution in [3.63, 3.8) is 0 Å². The molecule has 0 spiro atoms. The van der Waals surface area contributed by atoms with Crippen molar-refractivity contribution in [1.29, 1.82) is 0 Å². The van der Waals surface area contributed by atoms with Crippen molar-refractivity contribution in [2.45, 2.75) is 25.4 Å². The minimum Gasteiger partial charge on any atom is -0.494 e. The van der Waals surface area contributed by atoms with Gasteiger partial charge < -0.3 is 14.8 Å². The van der Waals surface area contributed by atoms with Crippen LogP contribution in [0.4, 0.5) is 4.39 Å². The highest BCUT2D eigenvalue weighted by Gasteiger charge is 2.25. The highest BCUT2D eigenvalue weighted by atomic mass is 19.1. The minimum absolute atomic E-state index is 0.238. The van der Waals surface area contributed by atoms with Crippen molar-refractivity contribution < 1.29 is 13.9 Å². The molecule has 1 N–H and O–H groups in total. The molecule has 118 valence electrons. The zero-order valence-corrected chi connectivity index (χ0v) is 12.9. The second-order valence-electron chi connectivity index (χ2n) is 5.40. The highest BCUT2D eigenvalue weighted by molar-refractivity contribution is 5.31. The van der Waals surface area contributed by atoms with Gasteiger partial charge in [0.15, 0.2) is 11.6 Å². The molecule has 2 rings (SSSR count). The van der Waals surface area contributed by atoms with Gasteiger partial charge in [0, 0.05) is 38.3 Å². The van der Waals surface area contributed by atoms with Gasteiger partial charge in [-0.1, -0.05) is 12.1 Å². The summed E-state index contributed by atoms with van der Waals surface area (Å²) in [6, 6.07) is 5.81. The predicted molar refractivity (Wildman–Crippen MR) is 81.1 cm³/mol. The fourth-order valence-electron chi connectivity index (χ4n) is 2.83. The molecular weight excluding hydrogens is 271 g/mol. The molecule has 0 bridgehead atoms. The van der Waals surface area contributed by atoms with Crippen molar-refractivity contribution in [2.75, 3.05) is 40.5 Å². The summed E-state index contributed by atoms with van der Waals surface area (Å²) in [5, 5.41) is 3.40. The highest BCUT2D eigenvalue weighted by Crippen LogP contribution is 2.24. The molecule has 1 aromatic carbocycles. The Morgan fingerprint density at radius 2 is 2.24 bits per heavy atom. The quantitative estimate of drug-likeness (QED) is 0.744. The third kappa shape index (κ3) is 4.40. The largest absolute Gasteiger partial charge is 0.494 e. The third-order valence-electron chi connectivity index (χ3n) is 4.00. The van der Waals surface area contributed by atoms with E-state index in [1.54, 1.807) is 13.2 Å². The minimum atomic E-state index is -0.238. The maximum absolute atomic E-state index is 14.2. The van der Waals surface area contributed by atoms with Gasteiger partial charge in [-0.15, -0.1) is 0 Å². The summed E-state index contributed by atoms with van der Waals surface area (Å²) in [6.45, 7) is 4.16. The first-order valence-corrected chi connectivity index (χ1v) is 7.51. The number of benzene rings is 1. The fraction of sp³-hybridized carbons (Fsp3) is 0.625. The molecule has 1 unspecified atom stereocenters. The van der Waals surface area contributed by atoms with Gasteiger partial charge in [-0.3, -0.25) is 4.90 Å². The molecule has 0 aliphatic carbocycles. The number of ether oxygens (including phenoxy) is 2. The van der Waals surface area contributed by atoms with E-state index in [1.165, 1.54) is 13.5 Å². The Balaban J connectivity index is 1.92. The van der Waals surface area contributed by atoms with Crippen molar-refractivity contribution >= 4 is 0 Å². The van der Waals surface area contributed by atoms with E-state index >= 15 is 0 Å². The molecule has 1 heterocycles. The monoisotopic (exact) mass is 296 g/mol. The summed E-state index contributed by atoms with van der Waals surface area (Å²) in [5.74, 6) is 0.0828. The van der Waals surface area contributed by atoms with Crippen LogP contribution in [0.15, 0.2) is 18.2 Å². The Morgan fingerprint density at radius 1 is 1.38 bits per heavy atom. The molecule has 0 aromatic heterocycles. The summed E-state index contributed by atoms with van der Waals surface area (Å²) < 4.78 is 24.3. The zero-order chi connectivity index (χ0) is 15.1. The Hall–Kier alpha value is -1.17. The maximum Gasteiger partial charge on any atom is 0.169 e. The molecule has 0 radical (unpaired) electrons. The second-order valence-corrected chi connectivity index (χ2v) is 5.40. The van der Waals surface area contributed by atoms with E-state index in [0.29, 0.717) is 23.9 Å². The number of hydrogen-bond donors (Lipinski definition) is 1. The van der Waals surface area contributed by atoms with Gasteiger partial charge in [0.05, 0.1) is 13.7 Å². The van der Waals surface area contributed by atoms with Crippen LogP contribution in [-0.2, 0) is 11.3 Å². The molecule has 21 heavy (non-hydrogen) atoms. The van der Waals surface area contributed by atoms with Crippen LogP contribution in [0.25, 0.3) is 0 Å². The lowest BCUT2D eigenvalue weighted by Crippen LogP contribution is -2.38. The van der Waals surface area contributed by atoms with Crippen LogP contribution in [0.5, 0.6) is 5.75 Å². The molecule has 4 nitrogen and oxygen atoms in total. The molecular formula is C16H25FN2O2. The van der Waals surface area contributed by atoms with Gasteiger partial charge in [-0.05, 0) is 25.5 Å². The van der Waals surface area contributed by atoms with Crippen molar-refractivity contribution in [2.24, 2.45) is 0 Å². The fourth-order valence-corrected chi connectivity index (χ4v) is 2.83. The lowest BCUT2D eigenvalue weighted by Gasteiger charge is -2.25. The van der Waals surface area contributed by atoms with Crippen LogP contribution < -0.4 is 10.1 Å². The van der Waals surface area contributed by atoms with Crippen molar-refractivity contribution in [3.05, 3.63) is 29.6 Å². The summed E-state index contributed by atoms with van der Waals surface area (Å²) >= 11 is 0. The third-order valence-corrected chi connectivity index (χ3v) is 4.00. The van der Waals surface area contributed by atoms with E-state index in [-0.39, 0.29) is 5.82 Å². The van der Waals surface area contributed by atoms with E-state index < -0.39 is 0 Å². The number of halogens is 1. The summed E-state index contributed by atoms with van der Waals surface area (Å²) in [5.41, 5.74) is 0.707. The zero-order valence-electron chi connectivity index (χ0n) is 12.9. The van der Waals surface area contributed by atoms with Crippen LogP contribution in [0.3, 0.4) is 0 Å². The average Bonchev–Trinajstić information content (AvgIpc) is 2.93. The first kappa shape index (κ1) is 16.2. The van der Waals surface area contributed by atoms with Gasteiger partial charge in [0.25, 0.3) is 0 Å². The van der Waals surface area contributed by atoms with Crippen LogP contribution in [-0.4, -0.2) is 51.4 Å². The smallest absolute Gasteiger partial charge is 0.169 e. The van der Waals surface area contributed by atoms with Gasteiger partial charge in [0.1, 0.15) is 0 Å². The van der Waals surface area contributed by atoms with E-state index in [0.717, 1.165) is 32.7 Å². The molecule has 0 amide bonds. The van der Waals surface area contributed by atoms with Crippen LogP contribution in [0.1, 0.15) is 18.4 Å². The standard InChI is InChI=1S/C16H25FN2O2/c1-20-10-8-18-11-14-6-4-9-19(14)12-13-5-3-7-15(21-2)16(13)17/h3,5,7,14,18H,4,6,8-12H2,1-2H3. The maximum atomic E-state index is 14.2. The average molecular weight is 296 g/mol. The lowest BCUT2D eigenvalue weighted by atomic mass is 10.1. The summed E-state index contributed by atoms with van der Waals surface area (Å²) in [6.07, 6.45) is 2.33. The van der Waals surface area contributed by atoms with Gasteiger partial charge in [-0.2, -0.15) is 0 Å². The molecule has 1 aromatic rings. The number of nitrogens with zero attached hydrogens (tertiary/aromatic N) is 1. The second kappa shape index (κ2) is 8.32. The number of hydrogen-bond acceptors (Lipinski definition) is 4. The van der Waals surface area contributed by atoms with Crippen LogP contribution in [0.2, 0.25) is 0 Å². The Kier molecular flexibility index (Phi) is 6.42. The van der Waals surface area contributed by atoms with Crippen LogP contribution in [0, 0.1) is 5.82 Å². The van der Waals surface area contributed by atoms with Crippen molar-refractivity contribution in [1.82, 2.24) is 10.2 Å². The molecule has 1 aliphatic heterocycles. The Morgan fingerprint density at radius 3 is 3.00 bits per heavy atom. The van der Waals surface area contributed by atoms with E-state index in [4.69, 9.17) is 9.47 Å². The first-order valence-electron chi connectivity index (χ1n) is 7.51. The molecule has 1 aliphatic rings. The normalized spacial score (nSPS) is 19.1. The van der Waals surface area contributed by atoms with Gasteiger partial charge >= 0.3 is 0 Å². The van der Waals surface area contributed by atoms with Crippen molar-refractivity contribution in [3.8, 4) is 5.75 Å². The van der Waals surface area contributed by atoms with E-state index in [9.17, 15) is 4.39 Å². The summed E-state index contributed by atoms with van der Waals surface area (Å²) in [7, 11) is 3.20. The number of likely N-dealkylation sites (tertiary alicyclic amines) is 1. The number of methoxy groups -OCH3 is 2.